The predicted octanol–water partition coefficient (Wildman–Crippen LogP) is 3.13. The Labute approximate surface area is 163 Å². The van der Waals surface area contributed by atoms with Gasteiger partial charge in [0.05, 0.1) is 12.0 Å². The van der Waals surface area contributed by atoms with E-state index in [1.165, 1.54) is 6.26 Å². The Morgan fingerprint density at radius 2 is 1.75 bits per heavy atom. The van der Waals surface area contributed by atoms with Crippen molar-refractivity contribution in [2.24, 2.45) is 0 Å². The van der Waals surface area contributed by atoms with E-state index in [4.69, 9.17) is 4.42 Å². The Balaban J connectivity index is 1.37. The fourth-order valence-corrected chi connectivity index (χ4v) is 3.03. The molecule has 3 aromatic rings. The fourth-order valence-electron chi connectivity index (χ4n) is 3.03. The standard InChI is InChI=1S/C20H22N6O2/c1-25-10-12-26(13-11-25)18-9-8-17(23-24-18)15-4-6-16(7-5-15)21-20(27)22-19-3-2-14-28-19/h2-9,14H,10-13H2,1H3,(H2,21,22,27). The van der Waals surface area contributed by atoms with Crippen LogP contribution in [0.5, 0.6) is 0 Å². The Hall–Kier alpha value is -3.39. The molecule has 0 saturated carbocycles. The van der Waals surface area contributed by atoms with Crippen LogP contribution >= 0.6 is 0 Å². The maximum Gasteiger partial charge on any atom is 0.326 e. The number of carbonyl (C=O) groups is 1. The highest BCUT2D eigenvalue weighted by Crippen LogP contribution is 2.21. The average Bonchev–Trinajstić information content (AvgIpc) is 3.22. The summed E-state index contributed by atoms with van der Waals surface area (Å²) in [7, 11) is 2.13. The van der Waals surface area contributed by atoms with Crippen LogP contribution in [0.1, 0.15) is 0 Å². The minimum atomic E-state index is -0.362. The van der Waals surface area contributed by atoms with Gasteiger partial charge in [0.2, 0.25) is 5.88 Å². The molecule has 4 rings (SSSR count). The average molecular weight is 378 g/mol. The molecule has 1 aliphatic rings. The van der Waals surface area contributed by atoms with Crippen molar-refractivity contribution >= 4 is 23.4 Å². The van der Waals surface area contributed by atoms with E-state index in [1.54, 1.807) is 12.1 Å². The van der Waals surface area contributed by atoms with Crippen LogP contribution in [-0.2, 0) is 0 Å². The van der Waals surface area contributed by atoms with Gasteiger partial charge in [-0.15, -0.1) is 10.2 Å². The number of urea groups is 1. The summed E-state index contributed by atoms with van der Waals surface area (Å²) < 4.78 is 5.08. The molecule has 1 aliphatic heterocycles. The SMILES string of the molecule is CN1CCN(c2ccc(-c3ccc(NC(=O)Nc4ccco4)cc3)nn2)CC1. The van der Waals surface area contributed by atoms with Gasteiger partial charge in [0.15, 0.2) is 5.82 Å². The molecule has 8 heteroatoms. The number of nitrogens with one attached hydrogen (secondary N) is 2. The zero-order chi connectivity index (χ0) is 19.3. The second kappa shape index (κ2) is 8.10. The monoisotopic (exact) mass is 378 g/mol. The van der Waals surface area contributed by atoms with Crippen molar-refractivity contribution in [2.45, 2.75) is 0 Å². The number of furan rings is 1. The van der Waals surface area contributed by atoms with Gasteiger partial charge >= 0.3 is 6.03 Å². The van der Waals surface area contributed by atoms with Crippen LogP contribution in [0.4, 0.5) is 22.2 Å². The molecule has 0 unspecified atom stereocenters. The van der Waals surface area contributed by atoms with E-state index >= 15 is 0 Å². The van der Waals surface area contributed by atoms with Gasteiger partial charge in [-0.3, -0.25) is 5.32 Å². The van der Waals surface area contributed by atoms with Crippen LogP contribution in [0.25, 0.3) is 11.3 Å². The number of likely N-dealkylation sites (N-methyl/N-ethyl adjacent to an activating group) is 1. The third-order valence-electron chi connectivity index (χ3n) is 4.67. The van der Waals surface area contributed by atoms with Crippen LogP contribution < -0.4 is 15.5 Å². The molecule has 3 heterocycles. The smallest absolute Gasteiger partial charge is 0.326 e. The van der Waals surface area contributed by atoms with Crippen molar-refractivity contribution in [1.29, 1.82) is 0 Å². The minimum Gasteiger partial charge on any atom is -0.449 e. The zero-order valence-electron chi connectivity index (χ0n) is 15.6. The van der Waals surface area contributed by atoms with E-state index in [1.807, 2.05) is 36.4 Å². The molecule has 28 heavy (non-hydrogen) atoms. The molecule has 0 aliphatic carbocycles. The lowest BCUT2D eigenvalue weighted by atomic mass is 10.1. The van der Waals surface area contributed by atoms with Gasteiger partial charge < -0.3 is 19.5 Å². The molecule has 0 bridgehead atoms. The minimum absolute atomic E-state index is 0.362. The van der Waals surface area contributed by atoms with E-state index in [0.29, 0.717) is 11.6 Å². The molecule has 2 aromatic heterocycles. The molecule has 1 saturated heterocycles. The van der Waals surface area contributed by atoms with Gasteiger partial charge in [0, 0.05) is 43.5 Å². The summed E-state index contributed by atoms with van der Waals surface area (Å²) in [5.74, 6) is 1.30. The van der Waals surface area contributed by atoms with Gasteiger partial charge in [-0.1, -0.05) is 12.1 Å². The van der Waals surface area contributed by atoms with Gasteiger partial charge in [0.1, 0.15) is 0 Å². The van der Waals surface area contributed by atoms with Crippen LogP contribution in [0.3, 0.4) is 0 Å². The summed E-state index contributed by atoms with van der Waals surface area (Å²) in [6.07, 6.45) is 1.50. The number of hydrogen-bond donors (Lipinski definition) is 2. The number of anilines is 3. The molecule has 1 fully saturated rings. The lowest BCUT2D eigenvalue weighted by Gasteiger charge is -2.32. The van der Waals surface area contributed by atoms with E-state index < -0.39 is 0 Å². The van der Waals surface area contributed by atoms with Crippen molar-refractivity contribution in [3.05, 3.63) is 54.8 Å². The predicted molar refractivity (Wildman–Crippen MR) is 109 cm³/mol. The van der Waals surface area contributed by atoms with Gasteiger partial charge in [-0.05, 0) is 37.4 Å². The van der Waals surface area contributed by atoms with Crippen molar-refractivity contribution < 1.29 is 9.21 Å². The first-order chi connectivity index (χ1) is 13.7. The Kier molecular flexibility index (Phi) is 5.20. The highest BCUT2D eigenvalue weighted by Gasteiger charge is 2.15. The number of aromatic nitrogens is 2. The fraction of sp³-hybridized carbons (Fsp3) is 0.250. The van der Waals surface area contributed by atoms with Crippen molar-refractivity contribution in [3.8, 4) is 11.3 Å². The highest BCUT2D eigenvalue weighted by molar-refractivity contribution is 5.99. The zero-order valence-corrected chi connectivity index (χ0v) is 15.6. The molecular formula is C20H22N6O2. The molecular weight excluding hydrogens is 356 g/mol. The van der Waals surface area contributed by atoms with Gasteiger partial charge in [-0.2, -0.15) is 0 Å². The van der Waals surface area contributed by atoms with Crippen LogP contribution in [0.15, 0.2) is 59.2 Å². The lowest BCUT2D eigenvalue weighted by molar-refractivity contribution is 0.261. The molecule has 2 N–H and O–H groups in total. The maximum atomic E-state index is 11.9. The quantitative estimate of drug-likeness (QED) is 0.725. The Morgan fingerprint density at radius 1 is 0.964 bits per heavy atom. The topological polar surface area (TPSA) is 86.5 Å². The molecule has 1 aromatic carbocycles. The summed E-state index contributed by atoms with van der Waals surface area (Å²) in [6.45, 7) is 3.99. The summed E-state index contributed by atoms with van der Waals surface area (Å²) in [5, 5.41) is 14.1. The summed E-state index contributed by atoms with van der Waals surface area (Å²) in [5.41, 5.74) is 2.41. The van der Waals surface area contributed by atoms with Gasteiger partial charge in [-0.25, -0.2) is 4.79 Å². The van der Waals surface area contributed by atoms with Crippen molar-refractivity contribution in [2.75, 3.05) is 48.8 Å². The molecule has 0 atom stereocenters. The first kappa shape index (κ1) is 18.0. The first-order valence-corrected chi connectivity index (χ1v) is 9.16. The van der Waals surface area contributed by atoms with Crippen molar-refractivity contribution in [1.82, 2.24) is 15.1 Å². The molecule has 8 nitrogen and oxygen atoms in total. The summed E-state index contributed by atoms with van der Waals surface area (Å²) in [4.78, 5) is 16.5. The van der Waals surface area contributed by atoms with E-state index in [-0.39, 0.29) is 6.03 Å². The van der Waals surface area contributed by atoms with E-state index in [0.717, 1.165) is 43.3 Å². The van der Waals surface area contributed by atoms with E-state index in [9.17, 15) is 4.79 Å². The lowest BCUT2D eigenvalue weighted by Crippen LogP contribution is -2.44. The third kappa shape index (κ3) is 4.29. The largest absolute Gasteiger partial charge is 0.449 e. The second-order valence-electron chi connectivity index (χ2n) is 6.70. The molecule has 2 amide bonds. The van der Waals surface area contributed by atoms with Crippen LogP contribution in [0, 0.1) is 0 Å². The molecule has 144 valence electrons. The third-order valence-corrected chi connectivity index (χ3v) is 4.67. The summed E-state index contributed by atoms with van der Waals surface area (Å²) >= 11 is 0. The Morgan fingerprint density at radius 3 is 2.39 bits per heavy atom. The number of amides is 2. The van der Waals surface area contributed by atoms with Crippen LogP contribution in [0.2, 0.25) is 0 Å². The highest BCUT2D eigenvalue weighted by atomic mass is 16.3. The molecule has 0 spiro atoms. The van der Waals surface area contributed by atoms with E-state index in [2.05, 4.69) is 37.7 Å². The maximum absolute atomic E-state index is 11.9. The number of nitrogens with zero attached hydrogens (tertiary/aromatic N) is 4. The number of rotatable bonds is 4. The number of hydrogen-bond acceptors (Lipinski definition) is 6. The number of carbonyl (C=O) groups excluding carboxylic acids is 1. The van der Waals surface area contributed by atoms with Crippen molar-refractivity contribution in [3.63, 3.8) is 0 Å². The number of benzene rings is 1. The molecule has 0 radical (unpaired) electrons. The van der Waals surface area contributed by atoms with Crippen LogP contribution in [-0.4, -0.2) is 54.4 Å². The second-order valence-corrected chi connectivity index (χ2v) is 6.70. The number of piperazine rings is 1. The normalized spacial score (nSPS) is 14.7. The summed E-state index contributed by atoms with van der Waals surface area (Å²) in [6, 6.07) is 14.5. The van der Waals surface area contributed by atoms with Gasteiger partial charge in [0.25, 0.3) is 0 Å². The Bertz CT molecular complexity index is 901. The first-order valence-electron chi connectivity index (χ1n) is 9.16.